The maximum atomic E-state index is 13.1. The third kappa shape index (κ3) is 2.05. The van der Waals surface area contributed by atoms with Crippen molar-refractivity contribution < 1.29 is 4.39 Å². The molecule has 0 spiro atoms. The molecule has 0 radical (unpaired) electrons. The summed E-state index contributed by atoms with van der Waals surface area (Å²) >= 11 is 0. The molecule has 1 unspecified atom stereocenters. The first-order chi connectivity index (χ1) is 7.22. The summed E-state index contributed by atoms with van der Waals surface area (Å²) in [7, 11) is 0. The molecule has 0 aliphatic heterocycles. The SMILES string of the molecule is Cc1cc(C(CN)C2CCC2)ccc1F. The zero-order valence-electron chi connectivity index (χ0n) is 9.17. The van der Waals surface area contributed by atoms with Gasteiger partial charge in [0, 0.05) is 0 Å². The van der Waals surface area contributed by atoms with Gasteiger partial charge >= 0.3 is 0 Å². The fourth-order valence-electron chi connectivity index (χ4n) is 2.34. The first-order valence-electron chi connectivity index (χ1n) is 5.68. The number of halogens is 1. The number of rotatable bonds is 3. The summed E-state index contributed by atoms with van der Waals surface area (Å²) in [6, 6.07) is 5.40. The van der Waals surface area contributed by atoms with E-state index in [4.69, 9.17) is 5.73 Å². The van der Waals surface area contributed by atoms with Crippen LogP contribution in [0.2, 0.25) is 0 Å². The third-order valence-corrected chi connectivity index (χ3v) is 3.58. The highest BCUT2D eigenvalue weighted by Gasteiger charge is 2.27. The Bertz CT molecular complexity index is 344. The van der Waals surface area contributed by atoms with Gasteiger partial charge in [0.05, 0.1) is 0 Å². The molecule has 2 N–H and O–H groups in total. The van der Waals surface area contributed by atoms with Crippen LogP contribution < -0.4 is 5.73 Å². The Labute approximate surface area is 90.5 Å². The van der Waals surface area contributed by atoms with Crippen molar-refractivity contribution in [1.82, 2.24) is 0 Å². The Morgan fingerprint density at radius 2 is 2.20 bits per heavy atom. The van der Waals surface area contributed by atoms with E-state index in [0.717, 1.165) is 11.5 Å². The number of hydrogen-bond donors (Lipinski definition) is 1. The van der Waals surface area contributed by atoms with E-state index in [1.807, 2.05) is 19.1 Å². The molecule has 15 heavy (non-hydrogen) atoms. The van der Waals surface area contributed by atoms with Gasteiger partial charge < -0.3 is 5.73 Å². The lowest BCUT2D eigenvalue weighted by Crippen LogP contribution is -2.26. The predicted octanol–water partition coefficient (Wildman–Crippen LogP) is 2.98. The van der Waals surface area contributed by atoms with Crippen molar-refractivity contribution in [2.75, 3.05) is 6.54 Å². The molecule has 1 nitrogen and oxygen atoms in total. The average molecular weight is 207 g/mol. The predicted molar refractivity (Wildman–Crippen MR) is 60.3 cm³/mol. The van der Waals surface area contributed by atoms with Crippen LogP contribution in [0.15, 0.2) is 18.2 Å². The number of nitrogens with two attached hydrogens (primary N) is 1. The van der Waals surface area contributed by atoms with Crippen LogP contribution in [0.3, 0.4) is 0 Å². The molecular weight excluding hydrogens is 189 g/mol. The Kier molecular flexibility index (Phi) is 3.06. The fraction of sp³-hybridized carbons (Fsp3) is 0.538. The third-order valence-electron chi connectivity index (χ3n) is 3.58. The molecule has 1 atom stereocenters. The minimum absolute atomic E-state index is 0.122. The van der Waals surface area contributed by atoms with E-state index in [-0.39, 0.29) is 5.82 Å². The van der Waals surface area contributed by atoms with Crippen molar-refractivity contribution in [3.05, 3.63) is 35.1 Å². The molecule has 82 valence electrons. The molecule has 0 saturated heterocycles. The van der Waals surface area contributed by atoms with E-state index in [9.17, 15) is 4.39 Å². The Morgan fingerprint density at radius 1 is 1.47 bits per heavy atom. The highest BCUT2D eigenvalue weighted by Crippen LogP contribution is 2.38. The molecule has 1 aromatic rings. The van der Waals surface area contributed by atoms with Crippen molar-refractivity contribution >= 4 is 0 Å². The fourth-order valence-corrected chi connectivity index (χ4v) is 2.34. The van der Waals surface area contributed by atoms with Crippen molar-refractivity contribution in [3.8, 4) is 0 Å². The molecule has 0 amide bonds. The molecule has 2 heteroatoms. The summed E-state index contributed by atoms with van der Waals surface area (Å²) in [4.78, 5) is 0. The topological polar surface area (TPSA) is 26.0 Å². The molecule has 0 bridgehead atoms. The van der Waals surface area contributed by atoms with Crippen LogP contribution in [0.1, 0.15) is 36.3 Å². The van der Waals surface area contributed by atoms with Gasteiger partial charge in [0.2, 0.25) is 0 Å². The highest BCUT2D eigenvalue weighted by molar-refractivity contribution is 5.28. The second-order valence-electron chi connectivity index (χ2n) is 4.54. The lowest BCUT2D eigenvalue weighted by Gasteiger charge is -2.33. The normalized spacial score (nSPS) is 18.6. The molecular formula is C13H18FN. The highest BCUT2D eigenvalue weighted by atomic mass is 19.1. The molecule has 0 aromatic heterocycles. The molecule has 1 aromatic carbocycles. The van der Waals surface area contributed by atoms with Crippen LogP contribution in [0.5, 0.6) is 0 Å². The van der Waals surface area contributed by atoms with Gasteiger partial charge in [-0.15, -0.1) is 0 Å². The van der Waals surface area contributed by atoms with Gasteiger partial charge in [-0.1, -0.05) is 18.6 Å². The van der Waals surface area contributed by atoms with Gasteiger partial charge in [-0.25, -0.2) is 4.39 Å². The average Bonchev–Trinajstić information content (AvgIpc) is 2.16. The maximum absolute atomic E-state index is 13.1. The molecule has 2 rings (SSSR count). The van der Waals surface area contributed by atoms with Gasteiger partial charge in [-0.2, -0.15) is 0 Å². The largest absolute Gasteiger partial charge is 0.330 e. The van der Waals surface area contributed by atoms with E-state index in [1.165, 1.54) is 24.8 Å². The lowest BCUT2D eigenvalue weighted by molar-refractivity contribution is 0.264. The monoisotopic (exact) mass is 207 g/mol. The van der Waals surface area contributed by atoms with Crippen LogP contribution in [0, 0.1) is 18.7 Å². The van der Waals surface area contributed by atoms with Crippen LogP contribution in [0.25, 0.3) is 0 Å². The maximum Gasteiger partial charge on any atom is 0.126 e. The smallest absolute Gasteiger partial charge is 0.126 e. The summed E-state index contributed by atoms with van der Waals surface area (Å²) < 4.78 is 13.1. The second-order valence-corrected chi connectivity index (χ2v) is 4.54. The molecule has 1 saturated carbocycles. The number of aryl methyl sites for hydroxylation is 1. The molecule has 1 aliphatic carbocycles. The van der Waals surface area contributed by atoms with E-state index >= 15 is 0 Å². The van der Waals surface area contributed by atoms with Crippen LogP contribution >= 0.6 is 0 Å². The number of hydrogen-bond acceptors (Lipinski definition) is 1. The quantitative estimate of drug-likeness (QED) is 0.810. The Hall–Kier alpha value is -0.890. The van der Waals surface area contributed by atoms with Crippen LogP contribution in [-0.2, 0) is 0 Å². The lowest BCUT2D eigenvalue weighted by atomic mass is 9.73. The van der Waals surface area contributed by atoms with E-state index < -0.39 is 0 Å². The van der Waals surface area contributed by atoms with E-state index in [2.05, 4.69) is 0 Å². The molecule has 1 aliphatic rings. The zero-order valence-corrected chi connectivity index (χ0v) is 9.17. The van der Waals surface area contributed by atoms with Gasteiger partial charge in [0.15, 0.2) is 0 Å². The second kappa shape index (κ2) is 4.31. The van der Waals surface area contributed by atoms with Gasteiger partial charge in [0.25, 0.3) is 0 Å². The van der Waals surface area contributed by atoms with Crippen molar-refractivity contribution in [2.24, 2.45) is 11.7 Å². The zero-order chi connectivity index (χ0) is 10.8. The summed E-state index contributed by atoms with van der Waals surface area (Å²) in [6.45, 7) is 2.49. The van der Waals surface area contributed by atoms with Gasteiger partial charge in [-0.05, 0) is 55.3 Å². The Balaban J connectivity index is 2.21. The van der Waals surface area contributed by atoms with Gasteiger partial charge in [-0.3, -0.25) is 0 Å². The van der Waals surface area contributed by atoms with Crippen molar-refractivity contribution in [2.45, 2.75) is 32.1 Å². The van der Waals surface area contributed by atoms with Crippen LogP contribution in [0.4, 0.5) is 4.39 Å². The summed E-state index contributed by atoms with van der Waals surface area (Å²) in [5.74, 6) is 1.03. The Morgan fingerprint density at radius 3 is 2.67 bits per heavy atom. The van der Waals surface area contributed by atoms with E-state index in [1.54, 1.807) is 6.07 Å². The first-order valence-corrected chi connectivity index (χ1v) is 5.68. The van der Waals surface area contributed by atoms with Crippen LogP contribution in [-0.4, -0.2) is 6.54 Å². The minimum Gasteiger partial charge on any atom is -0.330 e. The summed E-state index contributed by atoms with van der Waals surface area (Å²) in [5.41, 5.74) is 7.75. The number of benzene rings is 1. The standard InChI is InChI=1S/C13H18FN/c1-9-7-11(5-6-13(9)14)12(8-15)10-3-2-4-10/h5-7,10,12H,2-4,8,15H2,1H3. The van der Waals surface area contributed by atoms with Gasteiger partial charge in [0.1, 0.15) is 5.82 Å². The summed E-state index contributed by atoms with van der Waals surface area (Å²) in [6.07, 6.45) is 3.87. The summed E-state index contributed by atoms with van der Waals surface area (Å²) in [5, 5.41) is 0. The molecule has 0 heterocycles. The minimum atomic E-state index is -0.122. The van der Waals surface area contributed by atoms with Crippen molar-refractivity contribution in [1.29, 1.82) is 0 Å². The van der Waals surface area contributed by atoms with E-state index in [0.29, 0.717) is 12.5 Å². The molecule has 1 fully saturated rings. The van der Waals surface area contributed by atoms with Crippen molar-refractivity contribution in [3.63, 3.8) is 0 Å². The first kappa shape index (κ1) is 10.6.